The van der Waals surface area contributed by atoms with E-state index in [0.29, 0.717) is 5.69 Å². The minimum atomic E-state index is -0.450. The molecular formula is C11H14FNO2. The Morgan fingerprint density at radius 3 is 2.87 bits per heavy atom. The normalized spacial score (nSPS) is 20.9. The number of hydrogen-bond donors (Lipinski definition) is 2. The van der Waals surface area contributed by atoms with Crippen LogP contribution < -0.4 is 4.90 Å². The van der Waals surface area contributed by atoms with E-state index in [1.54, 1.807) is 0 Å². The number of phenols is 1. The van der Waals surface area contributed by atoms with Crippen molar-refractivity contribution in [2.24, 2.45) is 0 Å². The molecule has 0 radical (unpaired) electrons. The van der Waals surface area contributed by atoms with Crippen molar-refractivity contribution >= 4 is 5.69 Å². The number of aliphatic hydroxyl groups excluding tert-OH is 1. The van der Waals surface area contributed by atoms with Gasteiger partial charge in [-0.15, -0.1) is 0 Å². The van der Waals surface area contributed by atoms with Crippen molar-refractivity contribution in [1.82, 2.24) is 0 Å². The monoisotopic (exact) mass is 211 g/mol. The van der Waals surface area contributed by atoms with Crippen molar-refractivity contribution in [2.75, 3.05) is 18.1 Å². The van der Waals surface area contributed by atoms with E-state index in [1.807, 2.05) is 4.90 Å². The fraction of sp³-hybridized carbons (Fsp3) is 0.455. The molecule has 0 spiro atoms. The highest BCUT2D eigenvalue weighted by Crippen LogP contribution is 2.28. The number of aromatic hydroxyl groups is 1. The van der Waals surface area contributed by atoms with Gasteiger partial charge >= 0.3 is 0 Å². The Labute approximate surface area is 87.8 Å². The number of hydrogen-bond acceptors (Lipinski definition) is 3. The maximum absolute atomic E-state index is 13.1. The SMILES string of the molecule is OCC1CCCN1c1cc(O)cc(F)c1. The lowest BCUT2D eigenvalue weighted by molar-refractivity contribution is 0.266. The van der Waals surface area contributed by atoms with Gasteiger partial charge in [0.2, 0.25) is 0 Å². The van der Waals surface area contributed by atoms with Crippen LogP contribution in [0.5, 0.6) is 5.75 Å². The lowest BCUT2D eigenvalue weighted by atomic mass is 10.2. The smallest absolute Gasteiger partial charge is 0.128 e. The third-order valence-corrected chi connectivity index (χ3v) is 2.79. The predicted molar refractivity (Wildman–Crippen MR) is 55.5 cm³/mol. The molecular weight excluding hydrogens is 197 g/mol. The lowest BCUT2D eigenvalue weighted by Crippen LogP contribution is -2.31. The van der Waals surface area contributed by atoms with Crippen molar-refractivity contribution in [1.29, 1.82) is 0 Å². The highest BCUT2D eigenvalue weighted by molar-refractivity contribution is 5.52. The van der Waals surface area contributed by atoms with Crippen molar-refractivity contribution in [2.45, 2.75) is 18.9 Å². The van der Waals surface area contributed by atoms with E-state index in [0.717, 1.165) is 25.5 Å². The minimum absolute atomic E-state index is 0.0474. The summed E-state index contributed by atoms with van der Waals surface area (Å²) in [5.41, 5.74) is 0.643. The molecule has 2 rings (SSSR count). The summed E-state index contributed by atoms with van der Waals surface area (Å²) >= 11 is 0. The van der Waals surface area contributed by atoms with Crippen molar-refractivity contribution < 1.29 is 14.6 Å². The molecule has 0 saturated carbocycles. The average Bonchev–Trinajstić information content (AvgIpc) is 2.63. The Hall–Kier alpha value is -1.29. The standard InChI is InChI=1S/C11H14FNO2/c12-8-4-10(6-11(15)5-8)13-3-1-2-9(13)7-14/h4-6,9,14-15H,1-3,7H2. The van der Waals surface area contributed by atoms with E-state index in [2.05, 4.69) is 0 Å². The zero-order valence-electron chi connectivity index (χ0n) is 8.36. The van der Waals surface area contributed by atoms with Crippen LogP contribution in [0.2, 0.25) is 0 Å². The van der Waals surface area contributed by atoms with Crippen LogP contribution in [0.25, 0.3) is 0 Å². The summed E-state index contributed by atoms with van der Waals surface area (Å²) in [4.78, 5) is 1.93. The molecule has 1 unspecified atom stereocenters. The first-order chi connectivity index (χ1) is 7.20. The molecule has 1 saturated heterocycles. The largest absolute Gasteiger partial charge is 0.508 e. The number of halogens is 1. The summed E-state index contributed by atoms with van der Waals surface area (Å²) in [5, 5.41) is 18.4. The van der Waals surface area contributed by atoms with Gasteiger partial charge in [0.1, 0.15) is 11.6 Å². The Kier molecular flexibility index (Phi) is 2.77. The van der Waals surface area contributed by atoms with Crippen molar-refractivity contribution in [3.05, 3.63) is 24.0 Å². The molecule has 4 heteroatoms. The van der Waals surface area contributed by atoms with Gasteiger partial charge in [0.15, 0.2) is 0 Å². The van der Waals surface area contributed by atoms with E-state index < -0.39 is 5.82 Å². The summed E-state index contributed by atoms with van der Waals surface area (Å²) in [6, 6.07) is 4.03. The molecule has 0 aromatic heterocycles. The molecule has 3 nitrogen and oxygen atoms in total. The van der Waals surface area contributed by atoms with Crippen LogP contribution in [0.15, 0.2) is 18.2 Å². The van der Waals surface area contributed by atoms with E-state index in [9.17, 15) is 9.50 Å². The summed E-state index contributed by atoms with van der Waals surface area (Å²) < 4.78 is 13.1. The van der Waals surface area contributed by atoms with Crippen LogP contribution in [-0.2, 0) is 0 Å². The highest BCUT2D eigenvalue weighted by Gasteiger charge is 2.24. The van der Waals surface area contributed by atoms with E-state index in [4.69, 9.17) is 5.11 Å². The summed E-state index contributed by atoms with van der Waals surface area (Å²) in [6.07, 6.45) is 1.90. The number of nitrogens with zero attached hydrogens (tertiary/aromatic N) is 1. The Bertz CT molecular complexity index is 336. The first kappa shape index (κ1) is 10.2. The Morgan fingerprint density at radius 1 is 1.40 bits per heavy atom. The molecule has 15 heavy (non-hydrogen) atoms. The van der Waals surface area contributed by atoms with Gasteiger partial charge in [-0.3, -0.25) is 0 Å². The third-order valence-electron chi connectivity index (χ3n) is 2.79. The second-order valence-corrected chi connectivity index (χ2v) is 3.84. The quantitative estimate of drug-likeness (QED) is 0.779. The summed E-state index contributed by atoms with van der Waals surface area (Å²) in [6.45, 7) is 0.866. The summed E-state index contributed by atoms with van der Waals surface area (Å²) in [5.74, 6) is -0.526. The molecule has 1 aliphatic rings. The fourth-order valence-electron chi connectivity index (χ4n) is 2.09. The molecule has 1 aromatic rings. The molecule has 0 amide bonds. The van der Waals surface area contributed by atoms with Crippen LogP contribution in [0.3, 0.4) is 0 Å². The van der Waals surface area contributed by atoms with Crippen LogP contribution in [-0.4, -0.2) is 29.4 Å². The van der Waals surface area contributed by atoms with Crippen LogP contribution in [0, 0.1) is 5.82 Å². The van der Waals surface area contributed by atoms with Crippen LogP contribution in [0.1, 0.15) is 12.8 Å². The molecule has 0 bridgehead atoms. The molecule has 1 heterocycles. The lowest BCUT2D eigenvalue weighted by Gasteiger charge is -2.25. The highest BCUT2D eigenvalue weighted by atomic mass is 19.1. The molecule has 82 valence electrons. The molecule has 1 aromatic carbocycles. The van der Waals surface area contributed by atoms with E-state index in [1.165, 1.54) is 12.1 Å². The predicted octanol–water partition coefficient (Wildman–Crippen LogP) is 1.49. The van der Waals surface area contributed by atoms with Gasteiger partial charge in [0.25, 0.3) is 0 Å². The van der Waals surface area contributed by atoms with Crippen LogP contribution >= 0.6 is 0 Å². The third kappa shape index (κ3) is 2.04. The van der Waals surface area contributed by atoms with Gasteiger partial charge in [-0.1, -0.05) is 0 Å². The summed E-state index contributed by atoms with van der Waals surface area (Å²) in [7, 11) is 0. The first-order valence-corrected chi connectivity index (χ1v) is 5.08. The molecule has 1 atom stereocenters. The maximum atomic E-state index is 13.1. The van der Waals surface area contributed by atoms with Crippen LogP contribution in [0.4, 0.5) is 10.1 Å². The molecule has 2 N–H and O–H groups in total. The Morgan fingerprint density at radius 2 is 2.20 bits per heavy atom. The maximum Gasteiger partial charge on any atom is 0.128 e. The van der Waals surface area contributed by atoms with E-state index >= 15 is 0 Å². The topological polar surface area (TPSA) is 43.7 Å². The molecule has 0 aliphatic carbocycles. The zero-order valence-corrected chi connectivity index (χ0v) is 8.36. The van der Waals surface area contributed by atoms with Gasteiger partial charge in [0.05, 0.1) is 12.6 Å². The van der Waals surface area contributed by atoms with Crippen molar-refractivity contribution in [3.8, 4) is 5.75 Å². The number of anilines is 1. The van der Waals surface area contributed by atoms with Gasteiger partial charge in [-0.2, -0.15) is 0 Å². The molecule has 1 fully saturated rings. The Balaban J connectivity index is 2.28. The van der Waals surface area contributed by atoms with E-state index in [-0.39, 0.29) is 18.4 Å². The zero-order chi connectivity index (χ0) is 10.8. The second-order valence-electron chi connectivity index (χ2n) is 3.84. The van der Waals surface area contributed by atoms with Gasteiger partial charge < -0.3 is 15.1 Å². The average molecular weight is 211 g/mol. The number of aliphatic hydroxyl groups is 1. The van der Waals surface area contributed by atoms with Gasteiger partial charge in [-0.25, -0.2) is 4.39 Å². The number of rotatable bonds is 2. The van der Waals surface area contributed by atoms with Gasteiger partial charge in [-0.05, 0) is 18.9 Å². The first-order valence-electron chi connectivity index (χ1n) is 5.08. The van der Waals surface area contributed by atoms with Crippen molar-refractivity contribution in [3.63, 3.8) is 0 Å². The number of benzene rings is 1. The second kappa shape index (κ2) is 4.06. The fourth-order valence-corrected chi connectivity index (χ4v) is 2.09. The number of phenolic OH excluding ortho intramolecular Hbond substituents is 1. The molecule has 1 aliphatic heterocycles. The van der Waals surface area contributed by atoms with Gasteiger partial charge in [0, 0.05) is 24.4 Å². The minimum Gasteiger partial charge on any atom is -0.508 e.